The summed E-state index contributed by atoms with van der Waals surface area (Å²) < 4.78 is 4.85. The SMILES string of the molecule is CC(=O)C(O)[C@H]1O[CH][C@@](O)(C(C)=O)[C@](O)(C(C)=O)[C@@]1(O)C(C)=O.SS. The second-order valence-electron chi connectivity index (χ2n) is 5.64. The van der Waals surface area contributed by atoms with Gasteiger partial charge in [0.05, 0.1) is 0 Å². The number of ether oxygens (including phenoxy) is 1. The molecule has 5 atom stereocenters. The minimum absolute atomic E-state index is 0.338. The first-order valence-electron chi connectivity index (χ1n) is 6.87. The van der Waals surface area contributed by atoms with Gasteiger partial charge in [-0.05, 0) is 27.7 Å². The van der Waals surface area contributed by atoms with Crippen molar-refractivity contribution in [3.8, 4) is 0 Å². The molecular formula is C14H21O9S2. The second kappa shape index (κ2) is 8.25. The molecule has 0 saturated carbocycles. The van der Waals surface area contributed by atoms with Crippen LogP contribution in [0.4, 0.5) is 0 Å². The molecule has 1 aliphatic rings. The van der Waals surface area contributed by atoms with Crippen molar-refractivity contribution in [1.82, 2.24) is 0 Å². The predicted molar refractivity (Wildman–Crippen MR) is 90.7 cm³/mol. The minimum Gasteiger partial charge on any atom is -0.382 e. The van der Waals surface area contributed by atoms with Crippen molar-refractivity contribution in [2.75, 3.05) is 0 Å². The van der Waals surface area contributed by atoms with E-state index in [9.17, 15) is 39.6 Å². The molecule has 0 aromatic heterocycles. The zero-order valence-corrected chi connectivity index (χ0v) is 15.7. The molecule has 0 spiro atoms. The molecule has 0 aliphatic carbocycles. The van der Waals surface area contributed by atoms with Crippen molar-refractivity contribution >= 4 is 46.5 Å². The maximum Gasteiger partial charge on any atom is 0.199 e. The Labute approximate surface area is 154 Å². The molecule has 11 heteroatoms. The average Bonchev–Trinajstić information content (AvgIpc) is 2.53. The molecule has 1 saturated heterocycles. The summed E-state index contributed by atoms with van der Waals surface area (Å²) >= 11 is 6.44. The first-order chi connectivity index (χ1) is 11.3. The van der Waals surface area contributed by atoms with Gasteiger partial charge < -0.3 is 25.2 Å². The fraction of sp³-hybridized carbons (Fsp3) is 0.643. The van der Waals surface area contributed by atoms with Crippen LogP contribution >= 0.6 is 23.3 Å². The molecule has 1 aliphatic heterocycles. The van der Waals surface area contributed by atoms with Crippen molar-refractivity contribution in [2.24, 2.45) is 0 Å². The summed E-state index contributed by atoms with van der Waals surface area (Å²) in [6, 6.07) is 0. The van der Waals surface area contributed by atoms with Crippen molar-refractivity contribution < 1.29 is 44.3 Å². The number of rotatable bonds is 5. The largest absolute Gasteiger partial charge is 0.382 e. The Bertz CT molecular complexity index is 581. The molecule has 25 heavy (non-hydrogen) atoms. The average molecular weight is 397 g/mol. The van der Waals surface area contributed by atoms with Crippen LogP contribution < -0.4 is 0 Å². The highest BCUT2D eigenvalue weighted by Gasteiger charge is 2.76. The fourth-order valence-electron chi connectivity index (χ4n) is 2.70. The van der Waals surface area contributed by atoms with Gasteiger partial charge in [0.1, 0.15) is 18.8 Å². The Hall–Kier alpha value is -0.820. The highest BCUT2D eigenvalue weighted by atomic mass is 33.1. The van der Waals surface area contributed by atoms with E-state index < -0.39 is 52.1 Å². The summed E-state index contributed by atoms with van der Waals surface area (Å²) in [6.07, 6.45) is -4.19. The van der Waals surface area contributed by atoms with Crippen LogP contribution in [0.2, 0.25) is 0 Å². The lowest BCUT2D eigenvalue weighted by atomic mass is 9.61. The number of aliphatic hydroxyl groups excluding tert-OH is 1. The molecule has 1 fully saturated rings. The van der Waals surface area contributed by atoms with E-state index in [2.05, 4.69) is 23.3 Å². The molecule has 1 rings (SSSR count). The van der Waals surface area contributed by atoms with E-state index >= 15 is 0 Å². The van der Waals surface area contributed by atoms with E-state index in [-0.39, 0.29) is 0 Å². The third-order valence-electron chi connectivity index (χ3n) is 4.19. The zero-order chi connectivity index (χ0) is 20.4. The van der Waals surface area contributed by atoms with Crippen LogP contribution in [-0.2, 0) is 23.9 Å². The van der Waals surface area contributed by atoms with Crippen molar-refractivity contribution in [3.05, 3.63) is 6.61 Å². The molecule has 143 valence electrons. The summed E-state index contributed by atoms with van der Waals surface area (Å²) in [6.45, 7) is 3.55. The van der Waals surface area contributed by atoms with Crippen molar-refractivity contribution in [2.45, 2.75) is 56.7 Å². The van der Waals surface area contributed by atoms with Crippen molar-refractivity contribution in [1.29, 1.82) is 0 Å². The van der Waals surface area contributed by atoms with Crippen molar-refractivity contribution in [3.63, 3.8) is 0 Å². The highest BCUT2D eigenvalue weighted by molar-refractivity contribution is 8.59. The Balaban J connectivity index is 0.00000277. The van der Waals surface area contributed by atoms with Gasteiger partial charge in [-0.3, -0.25) is 19.2 Å². The number of aliphatic hydroxyl groups is 4. The number of ketones is 4. The summed E-state index contributed by atoms with van der Waals surface area (Å²) in [5, 5.41) is 41.7. The Morgan fingerprint density at radius 2 is 1.40 bits per heavy atom. The number of hydrogen-bond donors (Lipinski definition) is 6. The quantitative estimate of drug-likeness (QED) is 0.233. The molecule has 1 radical (unpaired) electrons. The smallest absolute Gasteiger partial charge is 0.199 e. The Morgan fingerprint density at radius 3 is 1.68 bits per heavy atom. The van der Waals surface area contributed by atoms with Gasteiger partial charge in [0.2, 0.25) is 0 Å². The lowest BCUT2D eigenvalue weighted by Crippen LogP contribution is -2.83. The van der Waals surface area contributed by atoms with Gasteiger partial charge in [-0.25, -0.2) is 0 Å². The van der Waals surface area contributed by atoms with Gasteiger partial charge in [0.25, 0.3) is 0 Å². The van der Waals surface area contributed by atoms with Gasteiger partial charge in [0.15, 0.2) is 39.9 Å². The van der Waals surface area contributed by atoms with Crippen LogP contribution in [0.3, 0.4) is 0 Å². The van der Waals surface area contributed by atoms with Crippen LogP contribution in [0.1, 0.15) is 27.7 Å². The molecule has 0 aromatic carbocycles. The summed E-state index contributed by atoms with van der Waals surface area (Å²) in [5.74, 6) is -4.73. The normalized spacial score (nSPS) is 35.8. The van der Waals surface area contributed by atoms with E-state index in [0.29, 0.717) is 6.61 Å². The van der Waals surface area contributed by atoms with Gasteiger partial charge in [-0.15, -0.1) is 23.3 Å². The van der Waals surface area contributed by atoms with E-state index in [1.807, 2.05) is 0 Å². The zero-order valence-electron chi connectivity index (χ0n) is 14.0. The van der Waals surface area contributed by atoms with Crippen LogP contribution in [0, 0.1) is 6.61 Å². The number of carbonyl (C=O) groups is 4. The topological polar surface area (TPSA) is 158 Å². The lowest BCUT2D eigenvalue weighted by molar-refractivity contribution is -0.287. The molecule has 0 aromatic rings. The molecular weight excluding hydrogens is 376 g/mol. The highest BCUT2D eigenvalue weighted by Crippen LogP contribution is 2.46. The molecule has 0 bridgehead atoms. The van der Waals surface area contributed by atoms with Gasteiger partial charge >= 0.3 is 0 Å². The number of thiol groups is 2. The second-order valence-corrected chi connectivity index (χ2v) is 5.64. The van der Waals surface area contributed by atoms with Crippen LogP contribution in [-0.4, -0.2) is 72.6 Å². The van der Waals surface area contributed by atoms with Crippen LogP contribution in [0.15, 0.2) is 0 Å². The van der Waals surface area contributed by atoms with Gasteiger partial charge in [-0.2, -0.15) is 0 Å². The Kier molecular flexibility index (Phi) is 7.98. The Morgan fingerprint density at radius 1 is 0.960 bits per heavy atom. The third kappa shape index (κ3) is 3.42. The first-order valence-corrected chi connectivity index (χ1v) is 8.47. The number of Topliss-reactive ketones (excluding diaryl/α,β-unsaturated/α-hetero) is 4. The molecule has 0 amide bonds. The summed E-state index contributed by atoms with van der Waals surface area (Å²) in [5.41, 5.74) is -9.64. The predicted octanol–water partition coefficient (Wildman–Crippen LogP) is -1.78. The summed E-state index contributed by atoms with van der Waals surface area (Å²) in [4.78, 5) is 47.1. The first kappa shape index (κ1) is 24.2. The fourth-order valence-corrected chi connectivity index (χ4v) is 2.70. The van der Waals surface area contributed by atoms with Gasteiger partial charge in [-0.1, -0.05) is 0 Å². The van der Waals surface area contributed by atoms with E-state index in [1.165, 1.54) is 0 Å². The maximum absolute atomic E-state index is 12.0. The third-order valence-corrected chi connectivity index (χ3v) is 4.19. The summed E-state index contributed by atoms with van der Waals surface area (Å²) in [7, 11) is 0. The molecule has 1 heterocycles. The minimum atomic E-state index is -3.35. The standard InChI is InChI=1S/C14H19O9.H2S2/c1-6(15)10(19)11-13(21,8(3)17)14(22,9(4)18)12(20,5-23-11)7(2)16;1-2/h5,10-11,19-22H,1-4H3;1-2H/t10?,11-,12-,13-,14-;/m1./s1. The van der Waals surface area contributed by atoms with Crippen LogP contribution in [0.25, 0.3) is 0 Å². The number of carbonyl (C=O) groups excluding carboxylic acids is 4. The molecule has 9 nitrogen and oxygen atoms in total. The van der Waals surface area contributed by atoms with Gasteiger partial charge in [0, 0.05) is 0 Å². The number of hydrogen-bond acceptors (Lipinski definition) is 11. The maximum atomic E-state index is 12.0. The monoisotopic (exact) mass is 397 g/mol. The molecule has 4 N–H and O–H groups in total. The van der Waals surface area contributed by atoms with Crippen LogP contribution in [0.5, 0.6) is 0 Å². The van der Waals surface area contributed by atoms with E-state index in [4.69, 9.17) is 4.74 Å². The lowest BCUT2D eigenvalue weighted by Gasteiger charge is -2.55. The van der Waals surface area contributed by atoms with E-state index in [1.54, 1.807) is 0 Å². The van der Waals surface area contributed by atoms with E-state index in [0.717, 1.165) is 27.7 Å². The molecule has 1 unspecified atom stereocenters.